The Bertz CT molecular complexity index is 580. The molecule has 0 amide bonds. The van der Waals surface area contributed by atoms with Gasteiger partial charge in [-0.2, -0.15) is 0 Å². The molecule has 0 saturated carbocycles. The van der Waals surface area contributed by atoms with Crippen molar-refractivity contribution in [3.8, 4) is 0 Å². The Morgan fingerprint density at radius 1 is 1.35 bits per heavy atom. The molecular formula is C15H20N2O2S. The number of hydrogen-bond acceptors (Lipinski definition) is 4. The van der Waals surface area contributed by atoms with E-state index in [0.29, 0.717) is 5.75 Å². The molecule has 0 saturated heterocycles. The molecule has 0 unspecified atom stereocenters. The molecule has 0 N–H and O–H groups in total. The van der Waals surface area contributed by atoms with Gasteiger partial charge in [0.05, 0.1) is 23.9 Å². The molecule has 0 aliphatic heterocycles. The third-order valence-electron chi connectivity index (χ3n) is 3.15. The van der Waals surface area contributed by atoms with E-state index >= 15 is 0 Å². The van der Waals surface area contributed by atoms with Gasteiger partial charge in [0.1, 0.15) is 0 Å². The highest BCUT2D eigenvalue weighted by atomic mass is 32.2. The Kier molecular flexibility index (Phi) is 5.47. The molecule has 5 heteroatoms. The van der Waals surface area contributed by atoms with Gasteiger partial charge in [0.15, 0.2) is 5.16 Å². The first kappa shape index (κ1) is 14.9. The van der Waals surface area contributed by atoms with E-state index in [1.165, 1.54) is 31.7 Å². The molecule has 20 heavy (non-hydrogen) atoms. The van der Waals surface area contributed by atoms with E-state index in [1.807, 2.05) is 18.2 Å². The minimum Gasteiger partial charge on any atom is -0.468 e. The molecule has 108 valence electrons. The van der Waals surface area contributed by atoms with Gasteiger partial charge in [-0.15, -0.1) is 0 Å². The number of carbonyl (C=O) groups excluding carboxylic acids is 1. The zero-order valence-electron chi connectivity index (χ0n) is 12.0. The van der Waals surface area contributed by atoms with Crippen LogP contribution < -0.4 is 0 Å². The van der Waals surface area contributed by atoms with Crippen molar-refractivity contribution in [1.29, 1.82) is 0 Å². The van der Waals surface area contributed by atoms with Gasteiger partial charge < -0.3 is 9.30 Å². The fourth-order valence-electron chi connectivity index (χ4n) is 2.08. The van der Waals surface area contributed by atoms with E-state index < -0.39 is 0 Å². The summed E-state index contributed by atoms with van der Waals surface area (Å²) in [5, 5.41) is 0.896. The zero-order valence-corrected chi connectivity index (χ0v) is 12.8. The Morgan fingerprint density at radius 3 is 2.90 bits per heavy atom. The number of aromatic nitrogens is 2. The number of hydrogen-bond donors (Lipinski definition) is 0. The van der Waals surface area contributed by atoms with Gasteiger partial charge in [0.2, 0.25) is 0 Å². The summed E-state index contributed by atoms with van der Waals surface area (Å²) in [7, 11) is 1.41. The molecule has 0 radical (unpaired) electrons. The van der Waals surface area contributed by atoms with Crippen molar-refractivity contribution in [2.45, 2.75) is 37.9 Å². The number of esters is 1. The van der Waals surface area contributed by atoms with Crippen molar-refractivity contribution in [1.82, 2.24) is 9.55 Å². The minimum atomic E-state index is -0.220. The first-order chi connectivity index (χ1) is 9.76. The van der Waals surface area contributed by atoms with Gasteiger partial charge in [0.25, 0.3) is 0 Å². The second-order valence-corrected chi connectivity index (χ2v) is 5.55. The molecule has 2 aromatic rings. The summed E-state index contributed by atoms with van der Waals surface area (Å²) in [5.74, 6) is 0.0790. The third kappa shape index (κ3) is 3.54. The fraction of sp³-hybridized carbons (Fsp3) is 0.467. The average molecular weight is 292 g/mol. The summed E-state index contributed by atoms with van der Waals surface area (Å²) in [6, 6.07) is 8.10. The molecule has 4 nitrogen and oxygen atoms in total. The standard InChI is InChI=1S/C15H20N2O2S/c1-3-4-7-10-17-13-9-6-5-8-12(13)16-15(17)20-11-14(18)19-2/h5-6,8-9H,3-4,7,10-11H2,1-2H3. The highest BCUT2D eigenvalue weighted by molar-refractivity contribution is 7.99. The van der Waals surface area contributed by atoms with Gasteiger partial charge in [0, 0.05) is 6.54 Å². The summed E-state index contributed by atoms with van der Waals surface area (Å²) in [6.07, 6.45) is 3.52. The van der Waals surface area contributed by atoms with Crippen LogP contribution in [0.25, 0.3) is 11.0 Å². The van der Waals surface area contributed by atoms with Crippen molar-refractivity contribution in [2.24, 2.45) is 0 Å². The lowest BCUT2D eigenvalue weighted by atomic mass is 10.2. The van der Waals surface area contributed by atoms with E-state index in [4.69, 9.17) is 0 Å². The number of benzene rings is 1. The lowest BCUT2D eigenvalue weighted by Crippen LogP contribution is -2.06. The first-order valence-electron chi connectivity index (χ1n) is 6.91. The number of thioether (sulfide) groups is 1. The number of methoxy groups -OCH3 is 1. The maximum absolute atomic E-state index is 11.3. The Balaban J connectivity index is 2.21. The lowest BCUT2D eigenvalue weighted by Gasteiger charge is -2.08. The molecule has 1 aromatic heterocycles. The van der Waals surface area contributed by atoms with Crippen LogP contribution in [0.3, 0.4) is 0 Å². The molecule has 0 aliphatic rings. The molecular weight excluding hydrogens is 272 g/mol. The number of imidazole rings is 1. The van der Waals surface area contributed by atoms with Gasteiger partial charge in [-0.1, -0.05) is 43.7 Å². The number of unbranched alkanes of at least 4 members (excludes halogenated alkanes) is 2. The first-order valence-corrected chi connectivity index (χ1v) is 7.89. The largest absolute Gasteiger partial charge is 0.468 e. The number of para-hydroxylation sites is 2. The predicted octanol–water partition coefficient (Wildman–Crippen LogP) is 3.49. The molecule has 0 spiro atoms. The van der Waals surface area contributed by atoms with Crippen molar-refractivity contribution in [3.63, 3.8) is 0 Å². The van der Waals surface area contributed by atoms with Gasteiger partial charge >= 0.3 is 5.97 Å². The topological polar surface area (TPSA) is 44.1 Å². The Hall–Kier alpha value is -1.49. The maximum atomic E-state index is 11.3. The van der Waals surface area contributed by atoms with Crippen LogP contribution in [0.1, 0.15) is 26.2 Å². The molecule has 0 aliphatic carbocycles. The quantitative estimate of drug-likeness (QED) is 0.445. The van der Waals surface area contributed by atoms with E-state index in [0.717, 1.165) is 29.2 Å². The van der Waals surface area contributed by atoms with Gasteiger partial charge in [-0.3, -0.25) is 4.79 Å². The zero-order chi connectivity index (χ0) is 14.4. The average Bonchev–Trinajstić information content (AvgIpc) is 2.83. The fourth-order valence-corrected chi connectivity index (χ4v) is 2.96. The van der Waals surface area contributed by atoms with Crippen molar-refractivity contribution >= 4 is 28.8 Å². The van der Waals surface area contributed by atoms with E-state index in [2.05, 4.69) is 27.3 Å². The molecule has 0 atom stereocenters. The maximum Gasteiger partial charge on any atom is 0.316 e. The number of ether oxygens (including phenoxy) is 1. The summed E-state index contributed by atoms with van der Waals surface area (Å²) < 4.78 is 6.89. The number of nitrogens with zero attached hydrogens (tertiary/aromatic N) is 2. The van der Waals surface area contributed by atoms with Crippen LogP contribution in [0.15, 0.2) is 29.4 Å². The molecule has 1 heterocycles. The minimum absolute atomic E-state index is 0.220. The number of aryl methyl sites for hydroxylation is 1. The highest BCUT2D eigenvalue weighted by Gasteiger charge is 2.12. The van der Waals surface area contributed by atoms with E-state index in [1.54, 1.807) is 0 Å². The molecule has 0 fully saturated rings. The lowest BCUT2D eigenvalue weighted by molar-refractivity contribution is -0.137. The number of carbonyl (C=O) groups is 1. The van der Waals surface area contributed by atoms with Crippen LogP contribution in [0.5, 0.6) is 0 Å². The van der Waals surface area contributed by atoms with Crippen LogP contribution in [0.4, 0.5) is 0 Å². The second kappa shape index (κ2) is 7.33. The van der Waals surface area contributed by atoms with Crippen LogP contribution in [-0.4, -0.2) is 28.4 Å². The van der Waals surface area contributed by atoms with E-state index in [9.17, 15) is 4.79 Å². The smallest absolute Gasteiger partial charge is 0.316 e. The molecule has 1 aromatic carbocycles. The monoisotopic (exact) mass is 292 g/mol. The summed E-state index contributed by atoms with van der Waals surface area (Å²) in [6.45, 7) is 3.14. The summed E-state index contributed by atoms with van der Waals surface area (Å²) in [4.78, 5) is 15.9. The predicted molar refractivity (Wildman–Crippen MR) is 82.0 cm³/mol. The van der Waals surface area contributed by atoms with Crippen LogP contribution >= 0.6 is 11.8 Å². The summed E-state index contributed by atoms with van der Waals surface area (Å²) >= 11 is 1.44. The van der Waals surface area contributed by atoms with Crippen molar-refractivity contribution in [2.75, 3.05) is 12.9 Å². The van der Waals surface area contributed by atoms with E-state index in [-0.39, 0.29) is 5.97 Å². The second-order valence-electron chi connectivity index (χ2n) is 4.61. The highest BCUT2D eigenvalue weighted by Crippen LogP contribution is 2.24. The number of rotatable bonds is 7. The van der Waals surface area contributed by atoms with Crippen LogP contribution in [0.2, 0.25) is 0 Å². The van der Waals surface area contributed by atoms with Crippen molar-refractivity contribution < 1.29 is 9.53 Å². The Labute approximate surface area is 123 Å². The number of fused-ring (bicyclic) bond motifs is 1. The molecule has 0 bridgehead atoms. The van der Waals surface area contributed by atoms with Crippen LogP contribution in [-0.2, 0) is 16.1 Å². The normalized spacial score (nSPS) is 10.9. The summed E-state index contributed by atoms with van der Waals surface area (Å²) in [5.41, 5.74) is 2.12. The van der Waals surface area contributed by atoms with Gasteiger partial charge in [-0.05, 0) is 18.6 Å². The SMILES string of the molecule is CCCCCn1c(SCC(=O)OC)nc2ccccc21. The molecule has 2 rings (SSSR count). The third-order valence-corrected chi connectivity index (χ3v) is 4.10. The van der Waals surface area contributed by atoms with Crippen molar-refractivity contribution in [3.05, 3.63) is 24.3 Å². The van der Waals surface area contributed by atoms with Crippen LogP contribution in [0, 0.1) is 0 Å². The Morgan fingerprint density at radius 2 is 2.15 bits per heavy atom. The van der Waals surface area contributed by atoms with Gasteiger partial charge in [-0.25, -0.2) is 4.98 Å².